The van der Waals surface area contributed by atoms with Crippen molar-refractivity contribution in [3.8, 4) is 5.69 Å². The summed E-state index contributed by atoms with van der Waals surface area (Å²) in [5, 5.41) is 24.8. The smallest absolute Gasteiger partial charge is 0.870 e. The summed E-state index contributed by atoms with van der Waals surface area (Å²) >= 11 is 0. The quantitative estimate of drug-likeness (QED) is 0.00569. The molecule has 12 N–H and O–H groups in total. The summed E-state index contributed by atoms with van der Waals surface area (Å²) in [6.45, 7) is 3.90. The number of hydrogen-bond donors (Lipinski definition) is 6. The zero-order valence-electron chi connectivity index (χ0n) is 82.9. The van der Waals surface area contributed by atoms with E-state index in [0.29, 0.717) is 111 Å². The van der Waals surface area contributed by atoms with E-state index in [1.807, 2.05) is 68.0 Å². The monoisotopic (exact) mass is 2170 g/mol. The Morgan fingerprint density at radius 2 is 0.801 bits per heavy atom. The number of piperidine rings is 2. The molecule has 7 fully saturated rings. The number of aryl methyl sites for hydroxylation is 2. The number of hydrogen-bond acceptors (Lipinski definition) is 19. The molecule has 2 saturated heterocycles. The Kier molecular flexibility index (Phi) is 50.4. The topological polar surface area (TPSA) is 454 Å². The van der Waals surface area contributed by atoms with Gasteiger partial charge in [0.15, 0.2) is 0 Å². The maximum absolute atomic E-state index is 14.9. The number of methoxy groups -OCH3 is 3. The number of nitrogen functional groups attached to an aromatic ring is 1. The minimum absolute atomic E-state index is 0. The molecular weight excluding hydrogens is 2040 g/mol. The fourth-order valence-electron chi connectivity index (χ4n) is 17.9. The van der Waals surface area contributed by atoms with Crippen molar-refractivity contribution < 1.29 is 165 Å². The number of carbonyl (C=O) groups excluding carboxylic acids is 10. The number of aliphatic hydroxyl groups is 1. The summed E-state index contributed by atoms with van der Waals surface area (Å²) in [4.78, 5) is 130. The molecule has 796 valence electrons. The molecule has 6 heterocycles. The van der Waals surface area contributed by atoms with E-state index < -0.39 is 74.6 Å². The van der Waals surface area contributed by atoms with Gasteiger partial charge in [-0.3, -0.25) is 54.4 Å². The number of aromatic nitrogens is 2. The number of likely N-dealkylation sites (tertiary alicyclic amines) is 2. The van der Waals surface area contributed by atoms with Crippen LogP contribution in [-0.4, -0.2) is 158 Å². The third kappa shape index (κ3) is 37.5. The molecule has 40 heteroatoms. The Bertz CT molecular complexity index is 5800. The SMILES string of the molecule is C.CCc1cccc(-n2nc(C)cc2C(=O)Nc2cc(C(CCC3CC3)N3C=CCCC3=O)ccc2F)c1.COC(=O)Nc1cc(C(CCC2CC2)N2C(=O)CCCC2=O)ccc1F.COC(=O)Nc1cc(C(CCC2CC2)N2C(=O)CCCC2O)ccc1F.COC(=O)Nc1cc(C(CCC2CC2)N2C=CCCC2=O)ccc1F.CS(=O)(=O)Cl.Nc1cc(C(CCC2CC2)N2C=CCCC2=O)ccc1F.O.O.[HH].[Na+].[OH-].[Pd]. The normalized spacial score (nSPS) is 17.6. The maximum atomic E-state index is 14.9. The van der Waals surface area contributed by atoms with Crippen LogP contribution in [0.2, 0.25) is 0 Å². The van der Waals surface area contributed by atoms with Crippen LogP contribution in [0.15, 0.2) is 158 Å². The first-order valence-electron chi connectivity index (χ1n) is 48.6. The van der Waals surface area contributed by atoms with Gasteiger partial charge in [-0.05, 0) is 258 Å². The van der Waals surface area contributed by atoms with Crippen molar-refractivity contribution in [1.29, 1.82) is 0 Å². The Morgan fingerprint density at radius 3 is 1.14 bits per heavy atom. The van der Waals surface area contributed by atoms with Crippen LogP contribution in [0.3, 0.4) is 0 Å². The number of carbonyl (C=O) groups is 10. The summed E-state index contributed by atoms with van der Waals surface area (Å²) in [5.41, 5.74) is 12.8. The molecule has 10 amide bonds. The Balaban J connectivity index is 0.000000319. The second-order valence-electron chi connectivity index (χ2n) is 37.4. The zero-order valence-corrected chi connectivity index (χ0v) is 88.0. The largest absolute Gasteiger partial charge is 1.00 e. The Hall–Kier alpha value is -10.8. The Morgan fingerprint density at radius 1 is 0.473 bits per heavy atom. The van der Waals surface area contributed by atoms with Crippen LogP contribution < -0.4 is 56.6 Å². The number of allylic oxidation sites excluding steroid dienone is 3. The van der Waals surface area contributed by atoms with Crippen LogP contribution in [-0.2, 0) is 78.9 Å². The number of nitrogens with one attached hydrogen (secondary N) is 4. The summed E-state index contributed by atoms with van der Waals surface area (Å²) in [6.07, 6.45) is 38.2. The van der Waals surface area contributed by atoms with Crippen LogP contribution in [0.1, 0.15) is 301 Å². The maximum Gasteiger partial charge on any atom is 1.00 e. The fraction of sp³-hybridized carbons (Fsp3) is 0.481. The van der Waals surface area contributed by atoms with Crippen LogP contribution in [0.25, 0.3) is 5.69 Å². The van der Waals surface area contributed by atoms with Gasteiger partial charge in [0, 0.05) is 89.7 Å². The van der Waals surface area contributed by atoms with Crippen molar-refractivity contribution in [2.24, 2.45) is 29.6 Å². The molecule has 6 aromatic carbocycles. The molecule has 5 saturated carbocycles. The number of anilines is 5. The van der Waals surface area contributed by atoms with Gasteiger partial charge in [-0.2, -0.15) is 5.10 Å². The number of amides is 10. The molecule has 10 aliphatic rings. The minimum atomic E-state index is -3.19. The summed E-state index contributed by atoms with van der Waals surface area (Å²) in [5.74, 6) is 0.314. The first kappa shape index (κ1) is 124. The predicted molar refractivity (Wildman–Crippen MR) is 540 cm³/mol. The third-order valence-corrected chi connectivity index (χ3v) is 26.4. The molecule has 6 atom stereocenters. The number of imide groups is 1. The first-order chi connectivity index (χ1) is 67.1. The molecule has 146 heavy (non-hydrogen) atoms. The summed E-state index contributed by atoms with van der Waals surface area (Å²) < 4.78 is 104. The fourth-order valence-corrected chi connectivity index (χ4v) is 17.9. The van der Waals surface area contributed by atoms with E-state index in [4.69, 9.17) is 5.73 Å². The molecule has 1 aromatic heterocycles. The molecule has 31 nitrogen and oxygen atoms in total. The van der Waals surface area contributed by atoms with Gasteiger partial charge >= 0.3 is 47.8 Å². The molecule has 0 spiro atoms. The molecule has 7 aromatic rings. The van der Waals surface area contributed by atoms with Crippen molar-refractivity contribution in [1.82, 2.24) is 34.3 Å². The van der Waals surface area contributed by atoms with E-state index in [9.17, 15) is 83.4 Å². The molecule has 17 rings (SSSR count). The van der Waals surface area contributed by atoms with E-state index in [1.54, 1.807) is 74.0 Å². The number of rotatable bonds is 32. The van der Waals surface area contributed by atoms with Crippen molar-refractivity contribution >= 4 is 108 Å². The van der Waals surface area contributed by atoms with Gasteiger partial charge in [0.25, 0.3) is 5.91 Å². The number of ether oxygens (including phenoxy) is 3. The van der Waals surface area contributed by atoms with E-state index in [0.717, 1.165) is 123 Å². The number of aliphatic hydroxyl groups excluding tert-OH is 1. The van der Waals surface area contributed by atoms with Crippen LogP contribution in [0, 0.1) is 65.6 Å². The van der Waals surface area contributed by atoms with Gasteiger partial charge in [0.05, 0.1) is 97.6 Å². The molecule has 0 bridgehead atoms. The van der Waals surface area contributed by atoms with Gasteiger partial charge in [0.2, 0.25) is 44.5 Å². The van der Waals surface area contributed by atoms with E-state index in [1.165, 1.54) is 138 Å². The standard InChI is InChI=1S/C30H33FN4O2.C19H25FN2O4.C19H23FN2O4.C19H23FN2O3.C17H21FN2O.CH3ClO2S.CH4.Na.3H2O.Pd.H2/c1-3-21-7-6-8-24(18-21)35-28(17-20(2)33-35)30(37)32-26-19-23(13-14-25(26)31)27(15-12-22-10-11-22)34-16-5-4-9-29(34)36;2*1-26-19(25)21-15-11-13(8-9-14(15)20)16(10-7-12-5-6-12)22-17(23)3-2-4-18(22)24;1-25-19(24)21-16-12-14(8-9-15(16)20)17(10-7-13-5-6-13)22-11-3-2-4-18(22)23;18-14-8-7-13(11-15(14)19)16(9-6-12-4-5-12)20-10-2-1-3-17(20)21;1-5(2,3)4;;;;;;;/h5-8,13-14,16-19,22,27H,3-4,9-12,15H2,1-2H3,(H,32,37);8-9,11-12,16-17,23H,2-7,10H2,1H3,(H,21,25);8-9,11-12,16H,2-7,10H2,1H3,(H,21,25);3,8-9,11-13,17H,2,4-7,10H2,1H3,(H,21,24);2,7-8,10-12,16H,1,3-6,9,19H2;1H3;1H4;;3*1H2;;1H/q;;;;;;;+1;;;;;/p-1. The number of nitrogens with zero attached hydrogens (tertiary/aromatic N) is 7. The van der Waals surface area contributed by atoms with Gasteiger partial charge < -0.3 is 66.4 Å². The molecule has 6 unspecified atom stereocenters. The van der Waals surface area contributed by atoms with Gasteiger partial charge in [-0.25, -0.2) is 49.4 Å². The Labute approximate surface area is 892 Å². The van der Waals surface area contributed by atoms with Gasteiger partial charge in [-0.1, -0.05) is 139 Å². The van der Waals surface area contributed by atoms with Crippen molar-refractivity contribution in [3.63, 3.8) is 0 Å². The van der Waals surface area contributed by atoms with Crippen LogP contribution in [0.4, 0.5) is 64.8 Å². The second kappa shape index (κ2) is 59.4. The number of benzene rings is 6. The van der Waals surface area contributed by atoms with E-state index >= 15 is 0 Å². The zero-order chi connectivity index (χ0) is 100. The minimum Gasteiger partial charge on any atom is -0.870 e. The molecule has 5 aliphatic carbocycles. The van der Waals surface area contributed by atoms with Crippen molar-refractivity contribution in [2.45, 2.75) is 270 Å². The summed E-state index contributed by atoms with van der Waals surface area (Å²) in [7, 11) is 4.94. The van der Waals surface area contributed by atoms with Crippen LogP contribution >= 0.6 is 10.7 Å². The molecule has 5 aliphatic heterocycles. The predicted octanol–water partition coefficient (Wildman–Crippen LogP) is 18.2. The second-order valence-corrected chi connectivity index (χ2v) is 40.4. The van der Waals surface area contributed by atoms with Crippen LogP contribution in [0.5, 0.6) is 0 Å². The van der Waals surface area contributed by atoms with E-state index in [-0.39, 0.29) is 163 Å². The average molecular weight is 2180 g/mol. The van der Waals surface area contributed by atoms with Gasteiger partial charge in [-0.15, -0.1) is 0 Å². The summed E-state index contributed by atoms with van der Waals surface area (Å²) in [6, 6.07) is 31.3. The molecular formula is C106H139ClF5N12NaO19PdS. The average Bonchev–Trinajstić information content (AvgIpc) is 1.66. The van der Waals surface area contributed by atoms with Gasteiger partial charge in [0.1, 0.15) is 41.0 Å². The van der Waals surface area contributed by atoms with Crippen molar-refractivity contribution in [3.05, 3.63) is 232 Å². The van der Waals surface area contributed by atoms with E-state index in [2.05, 4.69) is 58.2 Å². The number of nitrogens with two attached hydrogens (primary N) is 1. The first-order valence-corrected chi connectivity index (χ1v) is 51.3. The number of halogens is 6. The third-order valence-electron chi connectivity index (χ3n) is 26.4. The van der Waals surface area contributed by atoms with Crippen molar-refractivity contribution in [2.75, 3.05) is 54.6 Å². The molecule has 0 radical (unpaired) electrons.